The highest BCUT2D eigenvalue weighted by molar-refractivity contribution is 4.83. The molecule has 2 aliphatic heterocycles. The minimum Gasteiger partial charge on any atom is -0.313 e. The predicted octanol–water partition coefficient (Wildman–Crippen LogP) is 2.25. The van der Waals surface area contributed by atoms with Crippen molar-refractivity contribution in [2.24, 2.45) is 5.92 Å². The van der Waals surface area contributed by atoms with Crippen molar-refractivity contribution in [2.45, 2.75) is 58.0 Å². The monoisotopic (exact) mass is 210 g/mol. The van der Waals surface area contributed by atoms with Crippen molar-refractivity contribution in [3.63, 3.8) is 0 Å². The summed E-state index contributed by atoms with van der Waals surface area (Å²) in [6.07, 6.45) is 7.02. The largest absolute Gasteiger partial charge is 0.313 e. The fraction of sp³-hybridized carbons (Fsp3) is 1.00. The zero-order valence-electron chi connectivity index (χ0n) is 10.3. The fourth-order valence-electron chi connectivity index (χ4n) is 3.04. The first-order chi connectivity index (χ1) is 7.27. The van der Waals surface area contributed by atoms with Crippen LogP contribution in [0.5, 0.6) is 0 Å². The molecule has 0 radical (unpaired) electrons. The zero-order chi connectivity index (χ0) is 10.7. The minimum atomic E-state index is 0.770. The fourth-order valence-corrected chi connectivity index (χ4v) is 3.04. The Kier molecular flexibility index (Phi) is 4.04. The van der Waals surface area contributed by atoms with Crippen LogP contribution < -0.4 is 5.32 Å². The summed E-state index contributed by atoms with van der Waals surface area (Å²) in [7, 11) is 0. The summed E-state index contributed by atoms with van der Waals surface area (Å²) in [5.74, 6) is 0.891. The quantitative estimate of drug-likeness (QED) is 0.752. The molecule has 0 aromatic rings. The third kappa shape index (κ3) is 2.94. The van der Waals surface area contributed by atoms with Crippen molar-refractivity contribution >= 4 is 0 Å². The van der Waals surface area contributed by atoms with Gasteiger partial charge in [-0.1, -0.05) is 13.3 Å². The molecular weight excluding hydrogens is 184 g/mol. The third-order valence-electron chi connectivity index (χ3n) is 4.37. The molecule has 2 heteroatoms. The van der Waals surface area contributed by atoms with Crippen molar-refractivity contribution in [1.82, 2.24) is 10.2 Å². The summed E-state index contributed by atoms with van der Waals surface area (Å²) in [6, 6.07) is 1.56. The summed E-state index contributed by atoms with van der Waals surface area (Å²) in [5, 5.41) is 3.66. The van der Waals surface area contributed by atoms with E-state index in [1.54, 1.807) is 0 Å². The standard InChI is InChI=1S/C13H26N2/c1-11-6-5-9-15(12(11)2)10-13-7-3-4-8-14-13/h11-14H,3-10H2,1-2H3. The lowest BCUT2D eigenvalue weighted by molar-refractivity contribution is 0.0973. The molecule has 0 aromatic carbocycles. The van der Waals surface area contributed by atoms with E-state index in [2.05, 4.69) is 24.1 Å². The van der Waals surface area contributed by atoms with E-state index in [0.717, 1.165) is 18.0 Å². The highest BCUT2D eigenvalue weighted by Crippen LogP contribution is 2.23. The Morgan fingerprint density at radius 2 is 2.00 bits per heavy atom. The van der Waals surface area contributed by atoms with Crippen molar-refractivity contribution in [1.29, 1.82) is 0 Å². The summed E-state index contributed by atoms with van der Waals surface area (Å²) in [6.45, 7) is 8.66. The molecule has 0 aromatic heterocycles. The van der Waals surface area contributed by atoms with Gasteiger partial charge >= 0.3 is 0 Å². The van der Waals surface area contributed by atoms with Crippen LogP contribution in [0, 0.1) is 5.92 Å². The van der Waals surface area contributed by atoms with Crippen LogP contribution >= 0.6 is 0 Å². The molecule has 0 aliphatic carbocycles. The van der Waals surface area contributed by atoms with E-state index in [4.69, 9.17) is 0 Å². The second kappa shape index (κ2) is 5.31. The van der Waals surface area contributed by atoms with E-state index in [1.807, 2.05) is 0 Å². The number of nitrogens with zero attached hydrogens (tertiary/aromatic N) is 1. The smallest absolute Gasteiger partial charge is 0.0195 e. The number of piperidine rings is 2. The maximum atomic E-state index is 3.66. The van der Waals surface area contributed by atoms with Gasteiger partial charge in [0, 0.05) is 18.6 Å². The Labute approximate surface area is 94.4 Å². The number of likely N-dealkylation sites (tertiary alicyclic amines) is 1. The molecule has 3 atom stereocenters. The van der Waals surface area contributed by atoms with Crippen molar-refractivity contribution in [3.8, 4) is 0 Å². The number of rotatable bonds is 2. The van der Waals surface area contributed by atoms with Gasteiger partial charge in [-0.2, -0.15) is 0 Å². The molecule has 2 nitrogen and oxygen atoms in total. The third-order valence-corrected chi connectivity index (χ3v) is 4.37. The normalized spacial score (nSPS) is 39.2. The van der Waals surface area contributed by atoms with Gasteiger partial charge in [-0.15, -0.1) is 0 Å². The Balaban J connectivity index is 1.81. The minimum absolute atomic E-state index is 0.770. The molecule has 0 bridgehead atoms. The molecule has 2 saturated heterocycles. The van der Waals surface area contributed by atoms with Crippen LogP contribution in [0.2, 0.25) is 0 Å². The van der Waals surface area contributed by atoms with E-state index in [9.17, 15) is 0 Å². The van der Waals surface area contributed by atoms with E-state index < -0.39 is 0 Å². The summed E-state index contributed by atoms with van der Waals surface area (Å²) < 4.78 is 0. The van der Waals surface area contributed by atoms with Gasteiger partial charge in [0.15, 0.2) is 0 Å². The first-order valence-corrected chi connectivity index (χ1v) is 6.75. The Morgan fingerprint density at radius 1 is 1.13 bits per heavy atom. The lowest BCUT2D eigenvalue weighted by Gasteiger charge is -2.40. The van der Waals surface area contributed by atoms with E-state index >= 15 is 0 Å². The average Bonchev–Trinajstić information content (AvgIpc) is 2.26. The average molecular weight is 210 g/mol. The molecule has 0 amide bonds. The van der Waals surface area contributed by atoms with Gasteiger partial charge in [0.2, 0.25) is 0 Å². The molecule has 2 fully saturated rings. The van der Waals surface area contributed by atoms with Crippen LogP contribution in [-0.4, -0.2) is 36.6 Å². The van der Waals surface area contributed by atoms with Crippen LogP contribution in [0.15, 0.2) is 0 Å². The second-order valence-corrected chi connectivity index (χ2v) is 5.50. The van der Waals surface area contributed by atoms with Gasteiger partial charge in [0.1, 0.15) is 0 Å². The lowest BCUT2D eigenvalue weighted by Crippen LogP contribution is -2.50. The summed E-state index contributed by atoms with van der Waals surface area (Å²) in [4.78, 5) is 2.71. The summed E-state index contributed by atoms with van der Waals surface area (Å²) >= 11 is 0. The molecule has 2 heterocycles. The van der Waals surface area contributed by atoms with Crippen LogP contribution in [-0.2, 0) is 0 Å². The zero-order valence-corrected chi connectivity index (χ0v) is 10.3. The van der Waals surface area contributed by atoms with E-state index in [1.165, 1.54) is 51.7 Å². The molecule has 88 valence electrons. The van der Waals surface area contributed by atoms with Crippen molar-refractivity contribution in [3.05, 3.63) is 0 Å². The SMILES string of the molecule is CC1CCCN(CC2CCCCN2)C1C. The first kappa shape index (κ1) is 11.4. The Hall–Kier alpha value is -0.0800. The van der Waals surface area contributed by atoms with Gasteiger partial charge in [-0.05, 0) is 51.6 Å². The molecule has 0 spiro atoms. The van der Waals surface area contributed by atoms with Gasteiger partial charge in [-0.25, -0.2) is 0 Å². The molecule has 2 aliphatic rings. The van der Waals surface area contributed by atoms with Gasteiger partial charge < -0.3 is 5.32 Å². The van der Waals surface area contributed by atoms with Crippen LogP contribution in [0.25, 0.3) is 0 Å². The molecule has 0 saturated carbocycles. The van der Waals surface area contributed by atoms with Gasteiger partial charge in [0.05, 0.1) is 0 Å². The van der Waals surface area contributed by atoms with E-state index in [-0.39, 0.29) is 0 Å². The topological polar surface area (TPSA) is 15.3 Å². The Morgan fingerprint density at radius 3 is 2.73 bits per heavy atom. The molecule has 15 heavy (non-hydrogen) atoms. The molecular formula is C13H26N2. The Bertz CT molecular complexity index is 187. The van der Waals surface area contributed by atoms with Gasteiger partial charge in [0.25, 0.3) is 0 Å². The molecule has 3 unspecified atom stereocenters. The predicted molar refractivity (Wildman–Crippen MR) is 65.1 cm³/mol. The van der Waals surface area contributed by atoms with Crippen LogP contribution in [0.3, 0.4) is 0 Å². The van der Waals surface area contributed by atoms with E-state index in [0.29, 0.717) is 0 Å². The highest BCUT2D eigenvalue weighted by Gasteiger charge is 2.26. The number of hydrogen-bond acceptors (Lipinski definition) is 2. The number of nitrogens with one attached hydrogen (secondary N) is 1. The maximum absolute atomic E-state index is 3.66. The van der Waals surface area contributed by atoms with Crippen molar-refractivity contribution < 1.29 is 0 Å². The lowest BCUT2D eigenvalue weighted by atomic mass is 9.91. The number of hydrogen-bond donors (Lipinski definition) is 1. The maximum Gasteiger partial charge on any atom is 0.0195 e. The first-order valence-electron chi connectivity index (χ1n) is 6.75. The summed E-state index contributed by atoms with van der Waals surface area (Å²) in [5.41, 5.74) is 0. The molecule has 1 N–H and O–H groups in total. The highest BCUT2D eigenvalue weighted by atomic mass is 15.2. The second-order valence-electron chi connectivity index (χ2n) is 5.50. The van der Waals surface area contributed by atoms with Gasteiger partial charge in [-0.3, -0.25) is 4.90 Å². The van der Waals surface area contributed by atoms with Crippen molar-refractivity contribution in [2.75, 3.05) is 19.6 Å². The molecule has 2 rings (SSSR count). The van der Waals surface area contributed by atoms with Crippen LogP contribution in [0.1, 0.15) is 46.0 Å². The van der Waals surface area contributed by atoms with Crippen LogP contribution in [0.4, 0.5) is 0 Å².